The molecule has 14 heteroatoms. The van der Waals surface area contributed by atoms with Crippen molar-refractivity contribution in [3.8, 4) is 6.07 Å². The number of hydrogen-bond acceptors (Lipinski definition) is 9. The van der Waals surface area contributed by atoms with Crippen LogP contribution in [0, 0.1) is 17.2 Å². The number of aromatic nitrogens is 4. The number of piperidine rings is 1. The lowest BCUT2D eigenvalue weighted by atomic mass is 9.85. The fourth-order valence-corrected chi connectivity index (χ4v) is 6.18. The van der Waals surface area contributed by atoms with Crippen LogP contribution in [0.3, 0.4) is 0 Å². The van der Waals surface area contributed by atoms with Gasteiger partial charge in [-0.05, 0) is 64.5 Å². The molecule has 1 aromatic carbocycles. The number of anilines is 3. The summed E-state index contributed by atoms with van der Waals surface area (Å²) in [5.41, 5.74) is 7.51. The number of likely N-dealkylation sites (tertiary alicyclic amines) is 1. The van der Waals surface area contributed by atoms with Crippen LogP contribution in [-0.2, 0) is 9.53 Å². The molecule has 5 rings (SSSR count). The van der Waals surface area contributed by atoms with Crippen molar-refractivity contribution in [3.63, 3.8) is 0 Å². The molecule has 12 nitrogen and oxygen atoms in total. The van der Waals surface area contributed by atoms with E-state index in [4.69, 9.17) is 43.6 Å². The van der Waals surface area contributed by atoms with E-state index in [-0.39, 0.29) is 46.2 Å². The van der Waals surface area contributed by atoms with Crippen molar-refractivity contribution in [1.82, 2.24) is 24.4 Å². The van der Waals surface area contributed by atoms with Gasteiger partial charge in [0.05, 0.1) is 39.7 Å². The van der Waals surface area contributed by atoms with Gasteiger partial charge < -0.3 is 26.0 Å². The number of primary amides is 1. The molecule has 2 amide bonds. The Morgan fingerprint density at radius 1 is 1.14 bits per heavy atom. The molecular formula is C28H33Cl2N9O3. The van der Waals surface area contributed by atoms with Gasteiger partial charge in [0.15, 0.2) is 5.65 Å². The molecule has 0 radical (unpaired) electrons. The third-order valence-electron chi connectivity index (χ3n) is 7.65. The lowest BCUT2D eigenvalue weighted by Crippen LogP contribution is -2.46. The number of imidazole rings is 1. The molecular weight excluding hydrogens is 581 g/mol. The Morgan fingerprint density at radius 3 is 2.50 bits per heavy atom. The Kier molecular flexibility index (Phi) is 8.89. The zero-order valence-electron chi connectivity index (χ0n) is 23.4. The van der Waals surface area contributed by atoms with Crippen LogP contribution in [0.2, 0.25) is 10.0 Å². The Balaban J connectivity index is 1.46. The normalized spacial score (nSPS) is 20.8. The highest BCUT2D eigenvalue weighted by Crippen LogP contribution is 2.39. The zero-order valence-corrected chi connectivity index (χ0v) is 25.0. The van der Waals surface area contributed by atoms with Crippen LogP contribution in [0.5, 0.6) is 0 Å². The van der Waals surface area contributed by atoms with E-state index in [0.717, 1.165) is 12.8 Å². The van der Waals surface area contributed by atoms with E-state index in [1.54, 1.807) is 11.1 Å². The van der Waals surface area contributed by atoms with Crippen LogP contribution >= 0.6 is 23.2 Å². The molecule has 42 heavy (non-hydrogen) atoms. The average Bonchev–Trinajstić information content (AvgIpc) is 3.31. The number of halogens is 2. The van der Waals surface area contributed by atoms with Gasteiger partial charge in [-0.2, -0.15) is 10.2 Å². The number of nitrogens with one attached hydrogen (secondary N) is 2. The molecule has 1 saturated heterocycles. The minimum Gasteiger partial charge on any atom is -0.447 e. The van der Waals surface area contributed by atoms with E-state index in [1.807, 2.05) is 24.5 Å². The van der Waals surface area contributed by atoms with Gasteiger partial charge in [-0.1, -0.05) is 23.2 Å². The van der Waals surface area contributed by atoms with Gasteiger partial charge in [0.25, 0.3) is 0 Å². The maximum absolute atomic E-state index is 12.5. The van der Waals surface area contributed by atoms with Crippen LogP contribution in [0.15, 0.2) is 18.3 Å². The summed E-state index contributed by atoms with van der Waals surface area (Å²) in [7, 11) is 0. The maximum Gasteiger partial charge on any atom is 0.410 e. The summed E-state index contributed by atoms with van der Waals surface area (Å²) in [4.78, 5) is 40.1. The summed E-state index contributed by atoms with van der Waals surface area (Å²) in [6.45, 7) is 4.78. The molecule has 0 spiro atoms. The quantitative estimate of drug-likeness (QED) is 0.317. The SMILES string of the molecule is CC(C)OC(=O)N1CCCC(Nc2ncc3nc(Nc4c(Cl)cc(C#N)cc4Cl)n(C4CCC(C(N)=O)CC4)c3n2)C1. The summed E-state index contributed by atoms with van der Waals surface area (Å²) < 4.78 is 7.38. The standard InChI is InChI=1S/C28H33Cl2N9O3/c1-15(2)42-28(41)38-9-3-4-18(14-38)34-26-33-13-22-25(37-26)39(19-7-5-17(6-8-19)24(32)40)27(35-22)36-23-20(29)10-16(12-31)11-21(23)30/h10-11,13,15,17-19H,3-9,14H2,1-2H3,(H2,32,40)(H,35,36)(H,33,34,37). The Labute approximate surface area is 253 Å². The van der Waals surface area contributed by atoms with Gasteiger partial charge in [0.2, 0.25) is 17.8 Å². The Morgan fingerprint density at radius 2 is 1.86 bits per heavy atom. The second-order valence-corrected chi connectivity index (χ2v) is 11.8. The van der Waals surface area contributed by atoms with Crippen molar-refractivity contribution >= 4 is 64.0 Å². The highest BCUT2D eigenvalue weighted by molar-refractivity contribution is 6.39. The number of nitriles is 1. The van der Waals surface area contributed by atoms with Crippen molar-refractivity contribution < 1.29 is 14.3 Å². The van der Waals surface area contributed by atoms with E-state index in [1.165, 1.54) is 12.1 Å². The predicted molar refractivity (Wildman–Crippen MR) is 160 cm³/mol. The molecule has 1 atom stereocenters. The average molecular weight is 615 g/mol. The first-order valence-corrected chi connectivity index (χ1v) is 14.8. The molecule has 1 aliphatic heterocycles. The fraction of sp³-hybridized carbons (Fsp3) is 0.500. The first-order chi connectivity index (χ1) is 20.1. The van der Waals surface area contributed by atoms with Crippen molar-refractivity contribution in [1.29, 1.82) is 5.26 Å². The molecule has 222 valence electrons. The molecule has 2 aliphatic rings. The van der Waals surface area contributed by atoms with E-state index in [9.17, 15) is 14.9 Å². The fourth-order valence-electron chi connectivity index (χ4n) is 5.60. The van der Waals surface area contributed by atoms with Crippen molar-refractivity contribution in [2.45, 2.75) is 70.6 Å². The topological polar surface area (TPSA) is 164 Å². The predicted octanol–water partition coefficient (Wildman–Crippen LogP) is 5.39. The van der Waals surface area contributed by atoms with E-state index >= 15 is 0 Å². The van der Waals surface area contributed by atoms with E-state index in [0.29, 0.717) is 73.1 Å². The second-order valence-electron chi connectivity index (χ2n) is 11.0. The lowest BCUT2D eigenvalue weighted by Gasteiger charge is -2.33. The zero-order chi connectivity index (χ0) is 30.0. The first-order valence-electron chi connectivity index (χ1n) is 14.1. The number of nitrogens with zero attached hydrogens (tertiary/aromatic N) is 6. The number of ether oxygens (including phenoxy) is 1. The van der Waals surface area contributed by atoms with Crippen LogP contribution in [0.25, 0.3) is 11.2 Å². The maximum atomic E-state index is 12.5. The molecule has 2 aromatic heterocycles. The van der Waals surface area contributed by atoms with Crippen LogP contribution in [0.1, 0.15) is 64.0 Å². The molecule has 4 N–H and O–H groups in total. The van der Waals surface area contributed by atoms with Gasteiger partial charge in [0.1, 0.15) is 5.52 Å². The van der Waals surface area contributed by atoms with Crippen LogP contribution in [0.4, 0.5) is 22.4 Å². The number of rotatable bonds is 7. The minimum atomic E-state index is -0.326. The van der Waals surface area contributed by atoms with Gasteiger partial charge in [-0.15, -0.1) is 0 Å². The summed E-state index contributed by atoms with van der Waals surface area (Å²) in [5, 5.41) is 16.5. The van der Waals surface area contributed by atoms with Gasteiger partial charge >= 0.3 is 6.09 Å². The molecule has 3 aromatic rings. The number of hydrogen-bond donors (Lipinski definition) is 3. The number of fused-ring (bicyclic) bond motifs is 1. The highest BCUT2D eigenvalue weighted by atomic mass is 35.5. The third-order valence-corrected chi connectivity index (χ3v) is 8.25. The van der Waals surface area contributed by atoms with Crippen molar-refractivity contribution in [3.05, 3.63) is 33.9 Å². The number of benzene rings is 1. The Hall–Kier alpha value is -3.82. The Bertz CT molecular complexity index is 1510. The largest absolute Gasteiger partial charge is 0.447 e. The lowest BCUT2D eigenvalue weighted by molar-refractivity contribution is -0.122. The van der Waals surface area contributed by atoms with Crippen molar-refractivity contribution in [2.24, 2.45) is 11.7 Å². The van der Waals surface area contributed by atoms with E-state index < -0.39 is 0 Å². The molecule has 1 saturated carbocycles. The number of carbonyl (C=O) groups excluding carboxylic acids is 2. The molecule has 1 aliphatic carbocycles. The number of carbonyl (C=O) groups is 2. The minimum absolute atomic E-state index is 0.0252. The molecule has 0 bridgehead atoms. The first kappa shape index (κ1) is 29.7. The van der Waals surface area contributed by atoms with Gasteiger partial charge in [-0.3, -0.25) is 9.36 Å². The van der Waals surface area contributed by atoms with Gasteiger partial charge in [-0.25, -0.2) is 14.8 Å². The van der Waals surface area contributed by atoms with E-state index in [2.05, 4.69) is 15.6 Å². The second kappa shape index (κ2) is 12.6. The van der Waals surface area contributed by atoms with Crippen LogP contribution < -0.4 is 16.4 Å². The number of amides is 2. The van der Waals surface area contributed by atoms with Gasteiger partial charge in [0, 0.05) is 31.1 Å². The monoisotopic (exact) mass is 613 g/mol. The molecule has 3 heterocycles. The summed E-state index contributed by atoms with van der Waals surface area (Å²) in [6.07, 6.45) is 5.52. The summed E-state index contributed by atoms with van der Waals surface area (Å²) >= 11 is 13.0. The molecule has 2 fully saturated rings. The van der Waals surface area contributed by atoms with Crippen molar-refractivity contribution in [2.75, 3.05) is 23.7 Å². The number of nitrogens with two attached hydrogens (primary N) is 1. The highest BCUT2D eigenvalue weighted by Gasteiger charge is 2.30. The summed E-state index contributed by atoms with van der Waals surface area (Å²) in [6, 6.07) is 5.04. The summed E-state index contributed by atoms with van der Waals surface area (Å²) in [5.74, 6) is 0.427. The molecule has 1 unspecified atom stereocenters. The smallest absolute Gasteiger partial charge is 0.410 e. The van der Waals surface area contributed by atoms with Crippen LogP contribution in [-0.4, -0.2) is 61.7 Å². The third kappa shape index (κ3) is 6.47.